The van der Waals surface area contributed by atoms with Crippen LogP contribution in [0.5, 0.6) is 0 Å². The maximum atomic E-state index is 11.7. The molecule has 1 saturated heterocycles. The lowest BCUT2D eigenvalue weighted by Crippen LogP contribution is -2.45. The van der Waals surface area contributed by atoms with Gasteiger partial charge in [-0.2, -0.15) is 0 Å². The molecule has 2 unspecified atom stereocenters. The Morgan fingerprint density at radius 2 is 1.90 bits per heavy atom. The minimum Gasteiger partial charge on any atom is -0.359 e. The highest BCUT2D eigenvalue weighted by molar-refractivity contribution is 9.10. The number of carbonyl (C=O) groups is 1. The Morgan fingerprint density at radius 3 is 2.38 bits per heavy atom. The summed E-state index contributed by atoms with van der Waals surface area (Å²) in [4.78, 5) is 14.1. The second-order valence-corrected chi connectivity index (χ2v) is 6.70. The van der Waals surface area contributed by atoms with E-state index in [1.807, 2.05) is 0 Å². The fourth-order valence-corrected chi connectivity index (χ4v) is 3.42. The van der Waals surface area contributed by atoms with Crippen molar-refractivity contribution in [3.8, 4) is 0 Å². The van der Waals surface area contributed by atoms with E-state index in [1.165, 1.54) is 5.56 Å². The van der Waals surface area contributed by atoms with Crippen molar-refractivity contribution in [2.24, 2.45) is 11.7 Å². The topological polar surface area (TPSA) is 58.4 Å². The van der Waals surface area contributed by atoms with E-state index in [0.717, 1.165) is 30.4 Å². The molecule has 4 nitrogen and oxygen atoms in total. The smallest absolute Gasteiger partial charge is 0.222 e. The minimum atomic E-state index is 0.0581. The Labute approximate surface area is 135 Å². The van der Waals surface area contributed by atoms with Crippen LogP contribution in [0.25, 0.3) is 0 Å². The molecule has 0 aliphatic carbocycles. The molecule has 1 aromatic rings. The van der Waals surface area contributed by atoms with Crippen LogP contribution in [0.15, 0.2) is 28.7 Å². The quantitative estimate of drug-likeness (QED) is 0.872. The molecule has 0 radical (unpaired) electrons. The summed E-state index contributed by atoms with van der Waals surface area (Å²) >= 11 is 3.47. The third-order valence-corrected chi connectivity index (χ3v) is 4.78. The van der Waals surface area contributed by atoms with Crippen LogP contribution in [0.4, 0.5) is 0 Å². The Kier molecular flexibility index (Phi) is 5.79. The number of hydrogen-bond donors (Lipinski definition) is 2. The molecule has 2 rings (SSSR count). The Morgan fingerprint density at radius 1 is 1.33 bits per heavy atom. The van der Waals surface area contributed by atoms with Gasteiger partial charge < -0.3 is 11.1 Å². The fraction of sp³-hybridized carbons (Fsp3) is 0.562. The maximum Gasteiger partial charge on any atom is 0.222 e. The second-order valence-electron chi connectivity index (χ2n) is 5.78. The molecule has 0 bridgehead atoms. The van der Waals surface area contributed by atoms with Crippen LogP contribution in [0.2, 0.25) is 0 Å². The van der Waals surface area contributed by atoms with Gasteiger partial charge in [0.25, 0.3) is 0 Å². The highest BCUT2D eigenvalue weighted by Crippen LogP contribution is 2.29. The molecule has 1 aliphatic heterocycles. The number of amides is 1. The van der Waals surface area contributed by atoms with Crippen molar-refractivity contribution in [3.63, 3.8) is 0 Å². The van der Waals surface area contributed by atoms with Gasteiger partial charge in [0, 0.05) is 29.5 Å². The lowest BCUT2D eigenvalue weighted by Gasteiger charge is -2.39. The van der Waals surface area contributed by atoms with Crippen molar-refractivity contribution in [1.29, 1.82) is 0 Å². The van der Waals surface area contributed by atoms with E-state index >= 15 is 0 Å². The third-order valence-electron chi connectivity index (χ3n) is 4.25. The molecule has 0 saturated carbocycles. The van der Waals surface area contributed by atoms with Crippen molar-refractivity contribution < 1.29 is 4.79 Å². The molecule has 1 aliphatic rings. The number of nitrogens with two attached hydrogens (primary N) is 1. The molecular weight excluding hydrogens is 330 g/mol. The monoisotopic (exact) mass is 353 g/mol. The lowest BCUT2D eigenvalue weighted by molar-refractivity contribution is -0.126. The molecule has 1 heterocycles. The minimum absolute atomic E-state index is 0.0581. The predicted molar refractivity (Wildman–Crippen MR) is 88.9 cm³/mol. The van der Waals surface area contributed by atoms with Gasteiger partial charge in [0.1, 0.15) is 0 Å². The molecule has 1 amide bonds. The summed E-state index contributed by atoms with van der Waals surface area (Å²) < 4.78 is 1.08. The zero-order valence-electron chi connectivity index (χ0n) is 12.7. The van der Waals surface area contributed by atoms with Crippen LogP contribution in [0.3, 0.4) is 0 Å². The van der Waals surface area contributed by atoms with Gasteiger partial charge >= 0.3 is 0 Å². The van der Waals surface area contributed by atoms with E-state index in [-0.39, 0.29) is 23.9 Å². The molecule has 21 heavy (non-hydrogen) atoms. The third kappa shape index (κ3) is 4.05. The fourth-order valence-electron chi connectivity index (χ4n) is 3.15. The number of nitrogens with zero attached hydrogens (tertiary/aromatic N) is 1. The van der Waals surface area contributed by atoms with Gasteiger partial charge in [0.2, 0.25) is 5.91 Å². The largest absolute Gasteiger partial charge is 0.359 e. The zero-order valence-corrected chi connectivity index (χ0v) is 14.3. The molecular formula is C16H24BrN3O. The van der Waals surface area contributed by atoms with Crippen LogP contribution in [-0.4, -0.2) is 37.0 Å². The number of benzene rings is 1. The second kappa shape index (κ2) is 7.38. The number of rotatable bonds is 4. The van der Waals surface area contributed by atoms with Crippen LogP contribution < -0.4 is 11.1 Å². The molecule has 3 N–H and O–H groups in total. The van der Waals surface area contributed by atoms with Gasteiger partial charge in [0.05, 0.1) is 0 Å². The van der Waals surface area contributed by atoms with Crippen LogP contribution in [0, 0.1) is 5.92 Å². The predicted octanol–water partition coefficient (Wildman–Crippen LogP) is 2.30. The average Bonchev–Trinajstić information content (AvgIpc) is 2.49. The van der Waals surface area contributed by atoms with Crippen molar-refractivity contribution in [2.75, 3.05) is 20.1 Å². The van der Waals surface area contributed by atoms with E-state index in [9.17, 15) is 4.79 Å². The summed E-state index contributed by atoms with van der Waals surface area (Å²) in [6.07, 6.45) is 1.80. The van der Waals surface area contributed by atoms with E-state index < -0.39 is 0 Å². The van der Waals surface area contributed by atoms with Crippen molar-refractivity contribution in [1.82, 2.24) is 10.2 Å². The van der Waals surface area contributed by atoms with Crippen LogP contribution in [-0.2, 0) is 4.79 Å². The van der Waals surface area contributed by atoms with Gasteiger partial charge in [-0.1, -0.05) is 28.1 Å². The summed E-state index contributed by atoms with van der Waals surface area (Å²) in [5.41, 5.74) is 7.47. The van der Waals surface area contributed by atoms with Gasteiger partial charge in [-0.05, 0) is 50.6 Å². The first-order valence-corrected chi connectivity index (χ1v) is 8.29. The molecule has 5 heteroatoms. The van der Waals surface area contributed by atoms with E-state index in [2.05, 4.69) is 57.3 Å². The molecule has 2 atom stereocenters. The molecule has 116 valence electrons. The van der Waals surface area contributed by atoms with E-state index in [4.69, 9.17) is 5.73 Å². The maximum absolute atomic E-state index is 11.7. The normalized spacial score (nSPS) is 20.0. The van der Waals surface area contributed by atoms with E-state index in [0.29, 0.717) is 0 Å². The number of nitrogens with one attached hydrogen (secondary N) is 1. The Balaban J connectivity index is 2.07. The standard InChI is InChI=1S/C16H24BrN3O/c1-11(18)15(12-3-5-14(17)6-4-12)20-9-7-13(8-10-20)16(21)19-2/h3-6,11,13,15H,7-10,18H2,1-2H3,(H,19,21). The number of hydrogen-bond acceptors (Lipinski definition) is 3. The van der Waals surface area contributed by atoms with Crippen molar-refractivity contribution >= 4 is 21.8 Å². The summed E-state index contributed by atoms with van der Waals surface area (Å²) in [5.74, 6) is 0.306. The Bertz CT molecular complexity index is 467. The van der Waals surface area contributed by atoms with Crippen molar-refractivity contribution in [3.05, 3.63) is 34.3 Å². The first-order valence-electron chi connectivity index (χ1n) is 7.49. The molecule has 1 aromatic carbocycles. The molecule has 0 aromatic heterocycles. The number of halogens is 1. The summed E-state index contributed by atoms with van der Waals surface area (Å²) in [6, 6.07) is 8.64. The summed E-state index contributed by atoms with van der Waals surface area (Å²) in [5, 5.41) is 2.75. The Hall–Kier alpha value is -0.910. The first-order chi connectivity index (χ1) is 10.0. The van der Waals surface area contributed by atoms with Gasteiger partial charge in [-0.25, -0.2) is 0 Å². The number of piperidine rings is 1. The number of carbonyl (C=O) groups excluding carboxylic acids is 1. The highest BCUT2D eigenvalue weighted by atomic mass is 79.9. The molecule has 0 spiro atoms. The van der Waals surface area contributed by atoms with Crippen LogP contribution >= 0.6 is 15.9 Å². The number of likely N-dealkylation sites (tertiary alicyclic amines) is 1. The van der Waals surface area contributed by atoms with Gasteiger partial charge in [-0.3, -0.25) is 9.69 Å². The van der Waals surface area contributed by atoms with Gasteiger partial charge in [0.15, 0.2) is 0 Å². The summed E-state index contributed by atoms with van der Waals surface area (Å²) in [7, 11) is 1.71. The van der Waals surface area contributed by atoms with Gasteiger partial charge in [-0.15, -0.1) is 0 Å². The summed E-state index contributed by atoms with van der Waals surface area (Å²) in [6.45, 7) is 3.89. The van der Waals surface area contributed by atoms with Crippen LogP contribution in [0.1, 0.15) is 31.4 Å². The highest BCUT2D eigenvalue weighted by Gasteiger charge is 2.30. The zero-order chi connectivity index (χ0) is 15.4. The first kappa shape index (κ1) is 16.5. The SMILES string of the molecule is CNC(=O)C1CCN(C(c2ccc(Br)cc2)C(C)N)CC1. The lowest BCUT2D eigenvalue weighted by atomic mass is 9.91. The average molecular weight is 354 g/mol. The van der Waals surface area contributed by atoms with Crippen molar-refractivity contribution in [2.45, 2.75) is 31.8 Å². The molecule has 1 fully saturated rings. The van der Waals surface area contributed by atoms with E-state index in [1.54, 1.807) is 7.05 Å².